The van der Waals surface area contributed by atoms with E-state index in [0.29, 0.717) is 35.3 Å². The lowest BCUT2D eigenvalue weighted by atomic mass is 9.54. The average Bonchev–Trinajstić information content (AvgIpc) is 2.60. The zero-order chi connectivity index (χ0) is 20.0. The van der Waals surface area contributed by atoms with Crippen molar-refractivity contribution in [2.45, 2.75) is 96.5 Å². The molecule has 1 saturated carbocycles. The first-order valence-corrected chi connectivity index (χ1v) is 11.4. The van der Waals surface area contributed by atoms with Crippen molar-refractivity contribution in [3.05, 3.63) is 34.4 Å². The van der Waals surface area contributed by atoms with Crippen molar-refractivity contribution < 1.29 is 9.84 Å². The molecule has 2 bridgehead atoms. The molecule has 28 heavy (non-hydrogen) atoms. The third kappa shape index (κ3) is 2.39. The van der Waals surface area contributed by atoms with E-state index < -0.39 is 0 Å². The van der Waals surface area contributed by atoms with Gasteiger partial charge in [-0.2, -0.15) is 0 Å². The number of hydrogen-bond donors (Lipinski definition) is 1. The summed E-state index contributed by atoms with van der Waals surface area (Å²) in [5.41, 5.74) is 5.09. The van der Waals surface area contributed by atoms with Crippen molar-refractivity contribution in [3.63, 3.8) is 0 Å². The molecule has 0 amide bonds. The van der Waals surface area contributed by atoms with Crippen LogP contribution in [-0.4, -0.2) is 10.7 Å². The third-order valence-corrected chi connectivity index (χ3v) is 9.01. The second-order valence-corrected chi connectivity index (χ2v) is 11.3. The molecule has 5 rings (SSSR count). The van der Waals surface area contributed by atoms with E-state index in [1.54, 1.807) is 0 Å². The highest BCUT2D eigenvalue weighted by Gasteiger charge is 2.51. The quantitative estimate of drug-likeness (QED) is 0.501. The largest absolute Gasteiger partial charge is 0.507 e. The Hall–Kier alpha value is -1.44. The topological polar surface area (TPSA) is 29.5 Å². The molecule has 1 aromatic rings. The summed E-state index contributed by atoms with van der Waals surface area (Å²) in [5.74, 6) is 4.20. The Morgan fingerprint density at radius 2 is 1.82 bits per heavy atom. The monoisotopic (exact) mass is 380 g/mol. The Bertz CT molecular complexity index is 860. The Labute approximate surface area is 170 Å². The molecule has 0 radical (unpaired) electrons. The molecule has 3 aliphatic carbocycles. The van der Waals surface area contributed by atoms with Gasteiger partial charge in [-0.3, -0.25) is 0 Å². The number of fused-ring (bicyclic) bond motifs is 7. The van der Waals surface area contributed by atoms with Crippen LogP contribution >= 0.6 is 0 Å². The minimum Gasteiger partial charge on any atom is -0.507 e. The van der Waals surface area contributed by atoms with Gasteiger partial charge in [0.1, 0.15) is 17.1 Å². The average molecular weight is 381 g/mol. The van der Waals surface area contributed by atoms with Crippen LogP contribution in [-0.2, 0) is 5.41 Å². The summed E-state index contributed by atoms with van der Waals surface area (Å²) in [6, 6.07) is 2.34. The van der Waals surface area contributed by atoms with Gasteiger partial charge in [0.15, 0.2) is 0 Å². The van der Waals surface area contributed by atoms with E-state index in [-0.39, 0.29) is 11.0 Å². The van der Waals surface area contributed by atoms with Gasteiger partial charge in [-0.1, -0.05) is 32.4 Å². The maximum absolute atomic E-state index is 11.7. The summed E-state index contributed by atoms with van der Waals surface area (Å²) in [4.78, 5) is 0. The van der Waals surface area contributed by atoms with Crippen molar-refractivity contribution in [3.8, 4) is 11.5 Å². The van der Waals surface area contributed by atoms with Crippen molar-refractivity contribution >= 4 is 0 Å². The second-order valence-electron chi connectivity index (χ2n) is 11.3. The van der Waals surface area contributed by atoms with Crippen LogP contribution < -0.4 is 4.74 Å². The predicted octanol–water partition coefficient (Wildman–Crippen LogP) is 6.81. The number of phenols is 1. The first-order chi connectivity index (χ1) is 13.1. The molecule has 5 atom stereocenters. The normalized spacial score (nSPS) is 37.1. The fourth-order valence-electron chi connectivity index (χ4n) is 7.12. The maximum atomic E-state index is 11.7. The van der Waals surface area contributed by atoms with E-state index >= 15 is 0 Å². The Morgan fingerprint density at radius 1 is 1.07 bits per heavy atom. The van der Waals surface area contributed by atoms with E-state index in [4.69, 9.17) is 4.74 Å². The Morgan fingerprint density at radius 3 is 2.57 bits per heavy atom. The van der Waals surface area contributed by atoms with Crippen LogP contribution in [0.25, 0.3) is 0 Å². The highest BCUT2D eigenvalue weighted by atomic mass is 16.5. The zero-order valence-corrected chi connectivity index (χ0v) is 18.4. The highest BCUT2D eigenvalue weighted by molar-refractivity contribution is 5.61. The molecule has 0 spiro atoms. The third-order valence-electron chi connectivity index (χ3n) is 9.01. The lowest BCUT2D eigenvalue weighted by Crippen LogP contribution is -2.46. The Balaban J connectivity index is 1.75. The zero-order valence-electron chi connectivity index (χ0n) is 18.4. The van der Waals surface area contributed by atoms with Gasteiger partial charge in [0, 0.05) is 23.0 Å². The van der Waals surface area contributed by atoms with Crippen molar-refractivity contribution in [2.75, 3.05) is 0 Å². The van der Waals surface area contributed by atoms with Gasteiger partial charge < -0.3 is 9.84 Å². The molecule has 1 fully saturated rings. The number of rotatable bonds is 0. The van der Waals surface area contributed by atoms with Crippen molar-refractivity contribution in [2.24, 2.45) is 17.8 Å². The first-order valence-electron chi connectivity index (χ1n) is 11.4. The molecule has 4 aliphatic rings. The summed E-state index contributed by atoms with van der Waals surface area (Å²) >= 11 is 0. The molecule has 2 heteroatoms. The molecular weight excluding hydrogens is 344 g/mol. The van der Waals surface area contributed by atoms with Crippen LogP contribution in [0.5, 0.6) is 11.5 Å². The molecule has 0 aromatic heterocycles. The molecule has 152 valence electrons. The molecule has 1 aromatic carbocycles. The van der Waals surface area contributed by atoms with E-state index in [1.807, 2.05) is 0 Å². The SMILES string of the molecule is CC1=CC[C@@H]2[C@@H](C1)c1c(cc3c(c1O)[C@@H]1C[C@@H](CC[C@H]1C)C3(C)C)OC2(C)C. The minimum absolute atomic E-state index is 0.102. The van der Waals surface area contributed by atoms with Crippen LogP contribution in [0.4, 0.5) is 0 Å². The molecule has 0 saturated heterocycles. The smallest absolute Gasteiger partial charge is 0.127 e. The number of ether oxygens (including phenoxy) is 1. The van der Waals surface area contributed by atoms with Gasteiger partial charge in [0.2, 0.25) is 0 Å². The lowest BCUT2D eigenvalue weighted by Gasteiger charge is -2.52. The van der Waals surface area contributed by atoms with Gasteiger partial charge in [-0.25, -0.2) is 0 Å². The van der Waals surface area contributed by atoms with Crippen molar-refractivity contribution in [1.82, 2.24) is 0 Å². The minimum atomic E-state index is -0.197. The summed E-state index contributed by atoms with van der Waals surface area (Å²) in [6.07, 6.45) is 8.29. The number of benzene rings is 1. The summed E-state index contributed by atoms with van der Waals surface area (Å²) in [6.45, 7) is 13.9. The standard InChI is InChI=1S/C26H36O2/c1-14-7-10-19-18(11-14)23-21(28-26(19,5)6)13-20-22(24(23)27)17-12-16(25(20,3)4)9-8-15(17)2/h7,13,15-19,27H,8-12H2,1-6H3/t15-,16-,17-,18-,19-/m1/s1. The second kappa shape index (κ2) is 5.80. The lowest BCUT2D eigenvalue weighted by molar-refractivity contribution is 0.00683. The molecule has 1 heterocycles. The van der Waals surface area contributed by atoms with Gasteiger partial charge in [-0.15, -0.1) is 0 Å². The summed E-state index contributed by atoms with van der Waals surface area (Å²) in [5, 5.41) is 11.7. The van der Waals surface area contributed by atoms with Gasteiger partial charge >= 0.3 is 0 Å². The maximum Gasteiger partial charge on any atom is 0.127 e. The molecule has 1 aliphatic heterocycles. The van der Waals surface area contributed by atoms with Crippen molar-refractivity contribution in [1.29, 1.82) is 0 Å². The van der Waals surface area contributed by atoms with Crippen LogP contribution in [0.2, 0.25) is 0 Å². The van der Waals surface area contributed by atoms with Crippen LogP contribution in [0.15, 0.2) is 17.7 Å². The van der Waals surface area contributed by atoms with E-state index in [9.17, 15) is 5.11 Å². The number of allylic oxidation sites excluding steroid dienone is 2. The van der Waals surface area contributed by atoms with E-state index in [1.165, 1.54) is 36.0 Å². The summed E-state index contributed by atoms with van der Waals surface area (Å²) < 4.78 is 6.62. The first kappa shape index (κ1) is 18.6. The van der Waals surface area contributed by atoms with Crippen LogP contribution in [0, 0.1) is 17.8 Å². The van der Waals surface area contributed by atoms with Gasteiger partial charge in [0.05, 0.1) is 0 Å². The molecular formula is C26H36O2. The van der Waals surface area contributed by atoms with E-state index in [2.05, 4.69) is 53.7 Å². The molecule has 0 unspecified atom stereocenters. The fourth-order valence-corrected chi connectivity index (χ4v) is 7.12. The van der Waals surface area contributed by atoms with Gasteiger partial charge in [-0.05, 0) is 87.7 Å². The van der Waals surface area contributed by atoms with Crippen LogP contribution in [0.3, 0.4) is 0 Å². The van der Waals surface area contributed by atoms with Gasteiger partial charge in [0.25, 0.3) is 0 Å². The number of hydrogen-bond acceptors (Lipinski definition) is 2. The Kier molecular flexibility index (Phi) is 3.85. The van der Waals surface area contributed by atoms with E-state index in [0.717, 1.165) is 24.2 Å². The number of phenolic OH excluding ortho intramolecular Hbond substituents is 1. The molecule has 1 N–H and O–H groups in total. The number of aromatic hydroxyl groups is 1. The van der Waals surface area contributed by atoms with Crippen LogP contribution in [0.1, 0.15) is 102 Å². The molecule has 2 nitrogen and oxygen atoms in total. The fraction of sp³-hybridized carbons (Fsp3) is 0.692. The predicted molar refractivity (Wildman–Crippen MR) is 114 cm³/mol. The summed E-state index contributed by atoms with van der Waals surface area (Å²) in [7, 11) is 0. The highest BCUT2D eigenvalue weighted by Crippen LogP contribution is 2.62.